The molecule has 1 N–H and O–H groups in total. The number of methoxy groups -OCH3 is 1. The van der Waals surface area contributed by atoms with Gasteiger partial charge in [-0.05, 0) is 42.7 Å². The van der Waals surface area contributed by atoms with Crippen molar-refractivity contribution in [1.82, 2.24) is 24.6 Å². The Morgan fingerprint density at radius 1 is 1.19 bits per heavy atom. The molecule has 9 nitrogen and oxygen atoms in total. The van der Waals surface area contributed by atoms with Crippen LogP contribution in [0.2, 0.25) is 0 Å². The van der Waals surface area contributed by atoms with Crippen molar-refractivity contribution < 1.29 is 14.3 Å². The Hall–Kier alpha value is -3.89. The van der Waals surface area contributed by atoms with Crippen LogP contribution in [-0.4, -0.2) is 63.8 Å². The Kier molecular flexibility index (Phi) is 7.11. The molecule has 0 unspecified atom stereocenters. The summed E-state index contributed by atoms with van der Waals surface area (Å²) in [6.45, 7) is 2.55. The summed E-state index contributed by atoms with van der Waals surface area (Å²) in [6, 6.07) is 11.8. The van der Waals surface area contributed by atoms with Crippen molar-refractivity contribution in [2.45, 2.75) is 26.2 Å². The van der Waals surface area contributed by atoms with Crippen LogP contribution in [0.3, 0.4) is 0 Å². The number of amides is 2. The maximum atomic E-state index is 12.6. The molecule has 37 heavy (non-hydrogen) atoms. The smallest absolute Gasteiger partial charge is 0.226 e. The first-order chi connectivity index (χ1) is 17.9. The number of hydrogen-bond acceptors (Lipinski definition) is 7. The predicted octanol–water partition coefficient (Wildman–Crippen LogP) is 3.76. The fourth-order valence-electron chi connectivity index (χ4n) is 4.41. The molecule has 0 bridgehead atoms. The van der Waals surface area contributed by atoms with Crippen molar-refractivity contribution in [3.8, 4) is 27.5 Å². The zero-order valence-corrected chi connectivity index (χ0v) is 21.8. The van der Waals surface area contributed by atoms with Gasteiger partial charge in [0.1, 0.15) is 0 Å². The number of aromatic nitrogens is 4. The minimum atomic E-state index is -0.145. The van der Waals surface area contributed by atoms with Crippen LogP contribution in [0.25, 0.3) is 27.5 Å². The third-order valence-corrected chi connectivity index (χ3v) is 7.34. The molecule has 10 heteroatoms. The lowest BCUT2D eigenvalue weighted by Crippen LogP contribution is -2.31. The number of pyridine rings is 1. The van der Waals surface area contributed by atoms with Gasteiger partial charge in [-0.3, -0.25) is 14.6 Å². The van der Waals surface area contributed by atoms with Gasteiger partial charge in [0.25, 0.3) is 0 Å². The van der Waals surface area contributed by atoms with Crippen molar-refractivity contribution in [3.63, 3.8) is 0 Å². The minimum Gasteiger partial charge on any atom is -0.383 e. The van der Waals surface area contributed by atoms with Crippen LogP contribution in [0.1, 0.15) is 23.7 Å². The zero-order chi connectivity index (χ0) is 25.9. The van der Waals surface area contributed by atoms with E-state index in [2.05, 4.69) is 15.3 Å². The average Bonchev–Trinajstić information content (AvgIpc) is 3.48. The number of rotatable bonds is 8. The van der Waals surface area contributed by atoms with E-state index in [1.54, 1.807) is 25.3 Å². The van der Waals surface area contributed by atoms with E-state index in [9.17, 15) is 9.59 Å². The van der Waals surface area contributed by atoms with Gasteiger partial charge in [-0.1, -0.05) is 23.5 Å². The third kappa shape index (κ3) is 5.16. The Labute approximate surface area is 219 Å². The molecule has 0 atom stereocenters. The van der Waals surface area contributed by atoms with E-state index in [4.69, 9.17) is 9.84 Å². The second-order valence-corrected chi connectivity index (χ2v) is 9.96. The minimum absolute atomic E-state index is 0.0416. The van der Waals surface area contributed by atoms with E-state index in [1.165, 1.54) is 18.3 Å². The first-order valence-corrected chi connectivity index (χ1v) is 12.9. The standard InChI is InChI=1S/C27H28N6O3S/c1-17(34)29-27-30-22-11-10-21-24(19-5-4-12-28-16-19)31-33(25(21)26(22)37-27)20-8-6-18(7-9-20)15-23(35)32(2)13-14-36-3/h4-9,12,16H,10-11,13-15H2,1-3H3,(H,29,30,34). The summed E-state index contributed by atoms with van der Waals surface area (Å²) < 4.78 is 7.02. The first-order valence-electron chi connectivity index (χ1n) is 12.1. The van der Waals surface area contributed by atoms with Crippen LogP contribution in [0.5, 0.6) is 0 Å². The number of thiazole rings is 1. The van der Waals surface area contributed by atoms with Crippen LogP contribution in [0, 0.1) is 0 Å². The van der Waals surface area contributed by atoms with Gasteiger partial charge in [-0.15, -0.1) is 0 Å². The molecule has 3 heterocycles. The molecule has 0 saturated heterocycles. The molecule has 190 valence electrons. The molecule has 3 aromatic heterocycles. The summed E-state index contributed by atoms with van der Waals surface area (Å²) >= 11 is 1.46. The van der Waals surface area contributed by atoms with Gasteiger partial charge in [0.15, 0.2) is 5.13 Å². The highest BCUT2D eigenvalue weighted by atomic mass is 32.1. The van der Waals surface area contributed by atoms with Crippen molar-refractivity contribution in [2.24, 2.45) is 0 Å². The monoisotopic (exact) mass is 516 g/mol. The number of nitrogens with zero attached hydrogens (tertiary/aromatic N) is 5. The summed E-state index contributed by atoms with van der Waals surface area (Å²) in [5.41, 5.74) is 6.74. The summed E-state index contributed by atoms with van der Waals surface area (Å²) in [4.78, 5) is 35.9. The highest BCUT2D eigenvalue weighted by molar-refractivity contribution is 7.19. The molecule has 1 aliphatic rings. The van der Waals surface area contributed by atoms with Gasteiger partial charge < -0.3 is 15.0 Å². The van der Waals surface area contributed by atoms with E-state index >= 15 is 0 Å². The van der Waals surface area contributed by atoms with Crippen molar-refractivity contribution in [3.05, 3.63) is 65.6 Å². The van der Waals surface area contributed by atoms with E-state index in [1.807, 2.05) is 47.3 Å². The number of benzene rings is 1. The van der Waals surface area contributed by atoms with Gasteiger partial charge in [-0.25, -0.2) is 9.67 Å². The highest BCUT2D eigenvalue weighted by Crippen LogP contribution is 2.44. The summed E-state index contributed by atoms with van der Waals surface area (Å²) in [6.07, 6.45) is 5.45. The number of fused-ring (bicyclic) bond motifs is 3. The fourth-order valence-corrected chi connectivity index (χ4v) is 5.53. The summed E-state index contributed by atoms with van der Waals surface area (Å²) in [5.74, 6) is -0.103. The van der Waals surface area contributed by atoms with Gasteiger partial charge in [0.2, 0.25) is 11.8 Å². The number of carbonyl (C=O) groups excluding carboxylic acids is 2. The predicted molar refractivity (Wildman–Crippen MR) is 143 cm³/mol. The first kappa shape index (κ1) is 24.8. The average molecular weight is 517 g/mol. The zero-order valence-electron chi connectivity index (χ0n) is 21.0. The van der Waals surface area contributed by atoms with Gasteiger partial charge in [0, 0.05) is 51.1 Å². The third-order valence-electron chi connectivity index (χ3n) is 6.32. The van der Waals surface area contributed by atoms with E-state index < -0.39 is 0 Å². The molecule has 0 saturated carbocycles. The largest absolute Gasteiger partial charge is 0.383 e. The van der Waals surface area contributed by atoms with Gasteiger partial charge in [0.05, 0.1) is 40.7 Å². The maximum absolute atomic E-state index is 12.6. The molecular formula is C27H28N6O3S. The molecule has 0 spiro atoms. The molecule has 1 aromatic carbocycles. The lowest BCUT2D eigenvalue weighted by molar-refractivity contribution is -0.129. The molecule has 0 radical (unpaired) electrons. The van der Waals surface area contributed by atoms with Crippen LogP contribution < -0.4 is 5.32 Å². The summed E-state index contributed by atoms with van der Waals surface area (Å²) in [7, 11) is 3.41. The molecule has 4 aromatic rings. The lowest BCUT2D eigenvalue weighted by Gasteiger charge is -2.17. The van der Waals surface area contributed by atoms with Crippen LogP contribution in [-0.2, 0) is 33.6 Å². The van der Waals surface area contributed by atoms with E-state index in [-0.39, 0.29) is 11.8 Å². The number of aryl methyl sites for hydroxylation is 1. The SMILES string of the molecule is COCCN(C)C(=O)Cc1ccc(-n2nc(-c3cccnc3)c3c2-c2sc(NC(C)=O)nc2CC3)cc1. The van der Waals surface area contributed by atoms with Crippen LogP contribution in [0.4, 0.5) is 5.13 Å². The number of anilines is 1. The molecule has 5 rings (SSSR count). The molecule has 0 fully saturated rings. The molecule has 1 aliphatic carbocycles. The number of carbonyl (C=O) groups is 2. The number of ether oxygens (including phenoxy) is 1. The van der Waals surface area contributed by atoms with E-state index in [0.717, 1.165) is 57.2 Å². The Balaban J connectivity index is 1.52. The fraction of sp³-hybridized carbons (Fsp3) is 0.296. The Bertz CT molecular complexity index is 1430. The van der Waals surface area contributed by atoms with Crippen molar-refractivity contribution >= 4 is 28.3 Å². The number of hydrogen-bond donors (Lipinski definition) is 1. The molecule has 2 amide bonds. The summed E-state index contributed by atoms with van der Waals surface area (Å²) in [5, 5.41) is 8.45. The highest BCUT2D eigenvalue weighted by Gasteiger charge is 2.30. The maximum Gasteiger partial charge on any atom is 0.226 e. The number of nitrogens with one attached hydrogen (secondary N) is 1. The Morgan fingerprint density at radius 3 is 2.70 bits per heavy atom. The lowest BCUT2D eigenvalue weighted by atomic mass is 9.95. The topological polar surface area (TPSA) is 102 Å². The van der Waals surface area contributed by atoms with Crippen LogP contribution in [0.15, 0.2) is 48.8 Å². The Morgan fingerprint density at radius 2 is 2.00 bits per heavy atom. The van der Waals surface area contributed by atoms with Gasteiger partial charge in [-0.2, -0.15) is 5.10 Å². The second kappa shape index (κ2) is 10.6. The van der Waals surface area contributed by atoms with E-state index in [0.29, 0.717) is 24.7 Å². The normalized spacial score (nSPS) is 12.1. The number of likely N-dealkylation sites (N-methyl/N-ethyl adjacent to an activating group) is 1. The molecular weight excluding hydrogens is 488 g/mol. The van der Waals surface area contributed by atoms with Crippen molar-refractivity contribution in [1.29, 1.82) is 0 Å². The van der Waals surface area contributed by atoms with Gasteiger partial charge >= 0.3 is 0 Å². The molecule has 0 aliphatic heterocycles. The second-order valence-electron chi connectivity index (χ2n) is 8.96. The quantitative estimate of drug-likeness (QED) is 0.383. The van der Waals surface area contributed by atoms with Crippen molar-refractivity contribution in [2.75, 3.05) is 32.6 Å². The van der Waals surface area contributed by atoms with Crippen LogP contribution >= 0.6 is 11.3 Å².